The van der Waals surface area contributed by atoms with Crippen LogP contribution in [0.4, 0.5) is 5.69 Å². The fourth-order valence-corrected chi connectivity index (χ4v) is 3.38. The second-order valence-corrected chi connectivity index (χ2v) is 7.51. The number of aromatic nitrogens is 4. The van der Waals surface area contributed by atoms with Crippen LogP contribution in [0.3, 0.4) is 0 Å². The molecule has 0 radical (unpaired) electrons. The number of carbonyl (C=O) groups excluding carboxylic acids is 2. The molecule has 1 N–H and O–H groups in total. The number of rotatable bonds is 6. The van der Waals surface area contributed by atoms with Gasteiger partial charge in [0.2, 0.25) is 5.91 Å². The van der Waals surface area contributed by atoms with Gasteiger partial charge >= 0.3 is 5.97 Å². The largest absolute Gasteiger partial charge is 0.465 e. The summed E-state index contributed by atoms with van der Waals surface area (Å²) in [6.45, 7) is 6.06. The van der Waals surface area contributed by atoms with Crippen molar-refractivity contribution in [1.29, 1.82) is 0 Å². The number of esters is 1. The predicted molar refractivity (Wildman–Crippen MR) is 112 cm³/mol. The summed E-state index contributed by atoms with van der Waals surface area (Å²) >= 11 is 3.39. The zero-order valence-corrected chi connectivity index (χ0v) is 18.3. The van der Waals surface area contributed by atoms with Crippen molar-refractivity contribution in [3.8, 4) is 0 Å². The molecule has 0 aliphatic rings. The maximum Gasteiger partial charge on any atom is 0.338 e. The van der Waals surface area contributed by atoms with E-state index in [2.05, 4.69) is 31.4 Å². The summed E-state index contributed by atoms with van der Waals surface area (Å²) in [7, 11) is 1.36. The first-order valence-electron chi connectivity index (χ1n) is 8.99. The summed E-state index contributed by atoms with van der Waals surface area (Å²) in [5, 5.41) is 11.7. The van der Waals surface area contributed by atoms with Gasteiger partial charge < -0.3 is 10.1 Å². The lowest BCUT2D eigenvalue weighted by molar-refractivity contribution is -0.116. The molecule has 0 unspecified atom stereocenters. The minimum atomic E-state index is -0.392. The van der Waals surface area contributed by atoms with Crippen molar-refractivity contribution in [2.45, 2.75) is 33.9 Å². The lowest BCUT2D eigenvalue weighted by Crippen LogP contribution is -2.20. The number of methoxy groups -OCH3 is 1. The van der Waals surface area contributed by atoms with Crippen molar-refractivity contribution < 1.29 is 14.3 Å². The highest BCUT2D eigenvalue weighted by molar-refractivity contribution is 9.10. The molecule has 2 heterocycles. The number of carbonyl (C=O) groups is 2. The second-order valence-electron chi connectivity index (χ2n) is 6.66. The number of hydrogen-bond acceptors (Lipinski definition) is 5. The van der Waals surface area contributed by atoms with Crippen LogP contribution in [0.1, 0.15) is 33.0 Å². The van der Waals surface area contributed by atoms with Gasteiger partial charge in [0, 0.05) is 6.20 Å². The lowest BCUT2D eigenvalue weighted by Gasteiger charge is -2.10. The van der Waals surface area contributed by atoms with Gasteiger partial charge in [-0.2, -0.15) is 10.2 Å². The van der Waals surface area contributed by atoms with E-state index in [1.807, 2.05) is 32.9 Å². The van der Waals surface area contributed by atoms with E-state index in [0.717, 1.165) is 21.4 Å². The number of nitrogens with zero attached hydrogens (tertiary/aromatic N) is 4. The number of hydrogen-bond donors (Lipinski definition) is 1. The average Bonchev–Trinajstić information content (AvgIpc) is 3.14. The van der Waals surface area contributed by atoms with Crippen LogP contribution in [0.25, 0.3) is 0 Å². The molecule has 0 saturated carbocycles. The molecule has 29 heavy (non-hydrogen) atoms. The van der Waals surface area contributed by atoms with Gasteiger partial charge in [0.05, 0.1) is 46.5 Å². The Kier molecular flexibility index (Phi) is 6.17. The van der Waals surface area contributed by atoms with Crippen LogP contribution in [0.2, 0.25) is 0 Å². The molecule has 0 saturated heterocycles. The molecule has 0 fully saturated rings. The van der Waals surface area contributed by atoms with Crippen molar-refractivity contribution in [1.82, 2.24) is 19.6 Å². The third-order valence-corrected chi connectivity index (χ3v) is 5.36. The number of nitrogens with one attached hydrogen (secondary N) is 1. The highest BCUT2D eigenvalue weighted by atomic mass is 79.9. The molecular weight excluding hydrogens is 438 g/mol. The highest BCUT2D eigenvalue weighted by Crippen LogP contribution is 2.22. The number of amides is 1. The van der Waals surface area contributed by atoms with Gasteiger partial charge in [-0.05, 0) is 48.3 Å². The van der Waals surface area contributed by atoms with E-state index in [1.54, 1.807) is 27.7 Å². The van der Waals surface area contributed by atoms with Crippen LogP contribution in [0, 0.1) is 20.8 Å². The maximum absolute atomic E-state index is 12.5. The Balaban J connectivity index is 1.78. The summed E-state index contributed by atoms with van der Waals surface area (Å²) in [6, 6.07) is 7.23. The summed E-state index contributed by atoms with van der Waals surface area (Å²) in [4.78, 5) is 24.5. The Labute approximate surface area is 177 Å². The van der Waals surface area contributed by atoms with Crippen LogP contribution < -0.4 is 5.32 Å². The SMILES string of the molecule is COC(=O)c1ccccc1Cn1nc(C)c(NC(=O)Cn2cc(Br)c(C)n2)c1C. The maximum atomic E-state index is 12.5. The minimum absolute atomic E-state index is 0.0989. The molecule has 152 valence electrons. The Hall–Kier alpha value is -2.94. The number of ether oxygens (including phenoxy) is 1. The summed E-state index contributed by atoms with van der Waals surface area (Å²) < 4.78 is 9.06. The Bertz CT molecular complexity index is 1050. The van der Waals surface area contributed by atoms with E-state index >= 15 is 0 Å². The fraction of sp³-hybridized carbons (Fsp3) is 0.300. The number of benzene rings is 1. The van der Waals surface area contributed by atoms with Crippen LogP contribution in [0.15, 0.2) is 34.9 Å². The normalized spacial score (nSPS) is 10.8. The lowest BCUT2D eigenvalue weighted by atomic mass is 10.1. The molecule has 1 aromatic carbocycles. The molecule has 3 aromatic rings. The summed E-state index contributed by atoms with van der Waals surface area (Å²) in [5.41, 5.74) is 4.26. The van der Waals surface area contributed by atoms with Crippen molar-refractivity contribution >= 4 is 33.5 Å². The Morgan fingerprint density at radius 2 is 1.86 bits per heavy atom. The van der Waals surface area contributed by atoms with E-state index in [4.69, 9.17) is 4.74 Å². The predicted octanol–water partition coefficient (Wildman–Crippen LogP) is 3.24. The van der Waals surface area contributed by atoms with E-state index < -0.39 is 5.97 Å². The smallest absolute Gasteiger partial charge is 0.338 e. The zero-order valence-electron chi connectivity index (χ0n) is 16.7. The third-order valence-electron chi connectivity index (χ3n) is 4.58. The molecule has 2 aromatic heterocycles. The molecule has 0 aliphatic heterocycles. The van der Waals surface area contributed by atoms with Gasteiger partial charge in [-0.25, -0.2) is 4.79 Å². The van der Waals surface area contributed by atoms with Gasteiger partial charge in [-0.15, -0.1) is 0 Å². The molecule has 9 heteroatoms. The number of aryl methyl sites for hydroxylation is 2. The fourth-order valence-electron chi connectivity index (χ4n) is 3.06. The van der Waals surface area contributed by atoms with Gasteiger partial charge in [-0.3, -0.25) is 14.2 Å². The highest BCUT2D eigenvalue weighted by Gasteiger charge is 2.17. The summed E-state index contributed by atoms with van der Waals surface area (Å²) in [6.07, 6.45) is 1.77. The monoisotopic (exact) mass is 459 g/mol. The molecule has 8 nitrogen and oxygen atoms in total. The van der Waals surface area contributed by atoms with Crippen LogP contribution >= 0.6 is 15.9 Å². The molecule has 0 spiro atoms. The molecular formula is C20H22BrN5O3. The van der Waals surface area contributed by atoms with Crippen LogP contribution in [0.5, 0.6) is 0 Å². The van der Waals surface area contributed by atoms with Crippen molar-refractivity contribution in [3.63, 3.8) is 0 Å². The van der Waals surface area contributed by atoms with Gasteiger partial charge in [0.1, 0.15) is 6.54 Å². The molecule has 3 rings (SSSR count). The van der Waals surface area contributed by atoms with Crippen molar-refractivity contribution in [3.05, 3.63) is 63.1 Å². The Morgan fingerprint density at radius 3 is 2.52 bits per heavy atom. The van der Waals surface area contributed by atoms with E-state index in [9.17, 15) is 9.59 Å². The van der Waals surface area contributed by atoms with Gasteiger partial charge in [-0.1, -0.05) is 18.2 Å². The number of anilines is 1. The minimum Gasteiger partial charge on any atom is -0.465 e. The van der Waals surface area contributed by atoms with Gasteiger partial charge in [0.15, 0.2) is 0 Å². The first-order valence-corrected chi connectivity index (χ1v) is 9.79. The van der Waals surface area contributed by atoms with E-state index in [0.29, 0.717) is 23.5 Å². The zero-order chi connectivity index (χ0) is 21.1. The first kappa shape index (κ1) is 20.8. The second kappa shape index (κ2) is 8.60. The standard InChI is InChI=1S/C20H22BrN5O3/c1-12-17(21)10-25(23-12)11-18(27)22-19-13(2)24-26(14(19)3)9-15-7-5-6-8-16(15)20(28)29-4/h5-8,10H,9,11H2,1-4H3,(H,22,27). The quantitative estimate of drug-likeness (QED) is 0.571. The molecule has 0 atom stereocenters. The van der Waals surface area contributed by atoms with Crippen molar-refractivity contribution in [2.24, 2.45) is 0 Å². The van der Waals surface area contributed by atoms with E-state index in [-0.39, 0.29) is 12.5 Å². The molecule has 0 bridgehead atoms. The average molecular weight is 460 g/mol. The van der Waals surface area contributed by atoms with E-state index in [1.165, 1.54) is 7.11 Å². The topological polar surface area (TPSA) is 91.0 Å². The van der Waals surface area contributed by atoms with Crippen molar-refractivity contribution in [2.75, 3.05) is 12.4 Å². The number of halogens is 1. The van der Waals surface area contributed by atoms with Crippen LogP contribution in [-0.2, 0) is 22.6 Å². The van der Waals surface area contributed by atoms with Gasteiger partial charge in [0.25, 0.3) is 0 Å². The first-order chi connectivity index (χ1) is 13.8. The Morgan fingerprint density at radius 1 is 1.14 bits per heavy atom. The van der Waals surface area contributed by atoms with Crippen LogP contribution in [-0.4, -0.2) is 38.5 Å². The molecule has 0 aliphatic carbocycles. The third kappa shape index (κ3) is 4.56. The summed E-state index contributed by atoms with van der Waals surface area (Å²) in [5.74, 6) is -0.586. The molecule has 1 amide bonds.